The summed E-state index contributed by atoms with van der Waals surface area (Å²) < 4.78 is 5.57. The van der Waals surface area contributed by atoms with Crippen LogP contribution in [0.15, 0.2) is 36.4 Å². The number of fused-ring (bicyclic) bond motifs is 1. The van der Waals surface area contributed by atoms with Crippen LogP contribution in [0.25, 0.3) is 16.7 Å². The van der Waals surface area contributed by atoms with Crippen molar-refractivity contribution in [1.82, 2.24) is 15.0 Å². The number of nitrogen functional groups attached to an aromatic ring is 1. The Morgan fingerprint density at radius 2 is 1.58 bits per heavy atom. The van der Waals surface area contributed by atoms with Crippen LogP contribution in [-0.2, 0) is 5.41 Å². The van der Waals surface area contributed by atoms with Crippen molar-refractivity contribution in [3.8, 4) is 11.4 Å². The lowest BCUT2D eigenvalue weighted by atomic mass is 9.72. The molecule has 0 amide bonds. The Hall–Kier alpha value is -2.56. The fourth-order valence-electron chi connectivity index (χ4n) is 3.79. The van der Waals surface area contributed by atoms with Gasteiger partial charge in [0.1, 0.15) is 16.7 Å². The lowest BCUT2D eigenvalue weighted by Crippen LogP contribution is -2.25. The SMILES string of the molecule is COc1c(N)cc(C(C)(C)CC(C)(C)C)cc1-n1nc2ccccc2n1. The summed E-state index contributed by atoms with van der Waals surface area (Å²) in [5.74, 6) is 0.598. The lowest BCUT2D eigenvalue weighted by Gasteiger charge is -2.33. The fourth-order valence-corrected chi connectivity index (χ4v) is 3.79. The van der Waals surface area contributed by atoms with E-state index in [2.05, 4.69) is 50.9 Å². The first-order valence-corrected chi connectivity index (χ1v) is 8.91. The number of anilines is 1. The normalized spacial score (nSPS) is 12.5. The number of nitrogens with zero attached hydrogens (tertiary/aromatic N) is 3. The zero-order valence-corrected chi connectivity index (χ0v) is 16.5. The monoisotopic (exact) mass is 352 g/mol. The van der Waals surface area contributed by atoms with Gasteiger partial charge in [-0.05, 0) is 47.1 Å². The van der Waals surface area contributed by atoms with E-state index in [9.17, 15) is 0 Å². The van der Waals surface area contributed by atoms with Crippen molar-refractivity contribution in [2.45, 2.75) is 46.5 Å². The number of hydrogen-bond donors (Lipinski definition) is 1. The van der Waals surface area contributed by atoms with Crippen molar-refractivity contribution in [2.24, 2.45) is 5.41 Å². The molecule has 0 spiro atoms. The van der Waals surface area contributed by atoms with E-state index < -0.39 is 0 Å². The summed E-state index contributed by atoms with van der Waals surface area (Å²) >= 11 is 0. The van der Waals surface area contributed by atoms with Gasteiger partial charge in [-0.1, -0.05) is 46.8 Å². The van der Waals surface area contributed by atoms with Gasteiger partial charge in [-0.3, -0.25) is 0 Å². The molecule has 0 radical (unpaired) electrons. The van der Waals surface area contributed by atoms with Crippen LogP contribution in [0.4, 0.5) is 5.69 Å². The standard InChI is InChI=1S/C21H28N4O/c1-20(2,3)13-21(4,5)14-11-15(22)19(26-6)18(12-14)25-23-16-9-7-8-10-17(16)24-25/h7-12H,13,22H2,1-6H3. The number of methoxy groups -OCH3 is 1. The first kappa shape index (κ1) is 18.2. The Bertz CT molecular complexity index is 902. The van der Waals surface area contributed by atoms with Crippen molar-refractivity contribution in [1.29, 1.82) is 0 Å². The topological polar surface area (TPSA) is 66.0 Å². The second kappa shape index (κ2) is 6.31. The maximum atomic E-state index is 6.33. The van der Waals surface area contributed by atoms with Gasteiger partial charge < -0.3 is 10.5 Å². The Morgan fingerprint density at radius 1 is 1.00 bits per heavy atom. The van der Waals surface area contributed by atoms with Crippen molar-refractivity contribution in [3.05, 3.63) is 42.0 Å². The molecule has 0 fully saturated rings. The molecule has 3 aromatic rings. The van der Waals surface area contributed by atoms with E-state index in [1.54, 1.807) is 11.9 Å². The molecule has 0 aliphatic rings. The number of rotatable bonds is 4. The zero-order valence-electron chi connectivity index (χ0n) is 16.5. The molecule has 0 bridgehead atoms. The van der Waals surface area contributed by atoms with E-state index in [1.165, 1.54) is 0 Å². The molecular weight excluding hydrogens is 324 g/mol. The maximum absolute atomic E-state index is 6.33. The van der Waals surface area contributed by atoms with Gasteiger partial charge >= 0.3 is 0 Å². The summed E-state index contributed by atoms with van der Waals surface area (Å²) in [4.78, 5) is 1.62. The van der Waals surface area contributed by atoms with Gasteiger partial charge in [0.05, 0.1) is 12.8 Å². The van der Waals surface area contributed by atoms with Gasteiger partial charge in [-0.2, -0.15) is 0 Å². The minimum Gasteiger partial charge on any atom is -0.492 e. The molecule has 2 aromatic carbocycles. The molecule has 2 N–H and O–H groups in total. The van der Waals surface area contributed by atoms with Crippen molar-refractivity contribution in [2.75, 3.05) is 12.8 Å². The molecule has 0 saturated carbocycles. The molecule has 3 rings (SSSR count). The molecule has 0 aliphatic heterocycles. The molecule has 0 aliphatic carbocycles. The highest BCUT2D eigenvalue weighted by Gasteiger charge is 2.29. The van der Waals surface area contributed by atoms with E-state index in [0.717, 1.165) is 28.7 Å². The van der Waals surface area contributed by atoms with E-state index >= 15 is 0 Å². The minimum absolute atomic E-state index is 0.0417. The van der Waals surface area contributed by atoms with Gasteiger partial charge in [0.25, 0.3) is 0 Å². The minimum atomic E-state index is -0.0417. The van der Waals surface area contributed by atoms with Gasteiger partial charge in [-0.25, -0.2) is 0 Å². The summed E-state index contributed by atoms with van der Waals surface area (Å²) in [5, 5.41) is 9.20. The van der Waals surface area contributed by atoms with Crippen LogP contribution in [0.2, 0.25) is 0 Å². The molecule has 0 atom stereocenters. The summed E-state index contributed by atoms with van der Waals surface area (Å²) in [7, 11) is 1.62. The van der Waals surface area contributed by atoms with Gasteiger partial charge in [-0.15, -0.1) is 15.0 Å². The van der Waals surface area contributed by atoms with Gasteiger partial charge in [0, 0.05) is 0 Å². The zero-order chi connectivity index (χ0) is 19.1. The number of hydrogen-bond acceptors (Lipinski definition) is 4. The maximum Gasteiger partial charge on any atom is 0.169 e. The van der Waals surface area contributed by atoms with Crippen molar-refractivity contribution < 1.29 is 4.74 Å². The highest BCUT2D eigenvalue weighted by Crippen LogP contribution is 2.40. The molecule has 5 heteroatoms. The summed E-state index contributed by atoms with van der Waals surface area (Å²) in [6, 6.07) is 11.9. The Kier molecular flexibility index (Phi) is 4.42. The van der Waals surface area contributed by atoms with Crippen molar-refractivity contribution >= 4 is 16.7 Å². The van der Waals surface area contributed by atoms with Gasteiger partial charge in [0.15, 0.2) is 5.75 Å². The lowest BCUT2D eigenvalue weighted by molar-refractivity contribution is 0.284. The summed E-state index contributed by atoms with van der Waals surface area (Å²) in [6.07, 6.45) is 1.03. The van der Waals surface area contributed by atoms with Crippen LogP contribution in [0.1, 0.15) is 46.6 Å². The Labute approximate surface area is 155 Å². The highest BCUT2D eigenvalue weighted by atomic mass is 16.5. The second-order valence-corrected chi connectivity index (χ2v) is 8.72. The Balaban J connectivity index is 2.16. The third-order valence-corrected chi connectivity index (χ3v) is 4.56. The molecule has 0 saturated heterocycles. The van der Waals surface area contributed by atoms with Crippen LogP contribution < -0.4 is 10.5 Å². The summed E-state index contributed by atoms with van der Waals surface area (Å²) in [6.45, 7) is 11.3. The highest BCUT2D eigenvalue weighted by molar-refractivity contribution is 5.74. The predicted octanol–water partition coefficient (Wildman–Crippen LogP) is 4.73. The van der Waals surface area contributed by atoms with E-state index in [1.807, 2.05) is 30.3 Å². The largest absolute Gasteiger partial charge is 0.492 e. The Morgan fingerprint density at radius 3 is 2.08 bits per heavy atom. The average Bonchev–Trinajstić information content (AvgIpc) is 2.95. The molecule has 138 valence electrons. The van der Waals surface area contributed by atoms with Crippen LogP contribution in [0.5, 0.6) is 5.75 Å². The van der Waals surface area contributed by atoms with E-state index in [4.69, 9.17) is 10.5 Å². The summed E-state index contributed by atoms with van der Waals surface area (Å²) in [5.41, 5.74) is 10.7. The smallest absolute Gasteiger partial charge is 0.169 e. The van der Waals surface area contributed by atoms with E-state index in [0.29, 0.717) is 11.4 Å². The number of nitrogens with two attached hydrogens (primary N) is 1. The predicted molar refractivity (Wildman–Crippen MR) is 107 cm³/mol. The number of aromatic nitrogens is 3. The molecular formula is C21H28N4O. The molecule has 1 heterocycles. The van der Waals surface area contributed by atoms with Crippen LogP contribution in [-0.4, -0.2) is 22.1 Å². The van der Waals surface area contributed by atoms with Gasteiger partial charge in [0.2, 0.25) is 0 Å². The van der Waals surface area contributed by atoms with Crippen LogP contribution in [0.3, 0.4) is 0 Å². The van der Waals surface area contributed by atoms with Crippen molar-refractivity contribution in [3.63, 3.8) is 0 Å². The van der Waals surface area contributed by atoms with E-state index in [-0.39, 0.29) is 10.8 Å². The third-order valence-electron chi connectivity index (χ3n) is 4.56. The second-order valence-electron chi connectivity index (χ2n) is 8.72. The number of ether oxygens (including phenoxy) is 1. The number of benzene rings is 2. The molecule has 5 nitrogen and oxygen atoms in total. The average molecular weight is 352 g/mol. The third kappa shape index (κ3) is 3.52. The molecule has 0 unspecified atom stereocenters. The molecule has 26 heavy (non-hydrogen) atoms. The quantitative estimate of drug-likeness (QED) is 0.690. The van der Waals surface area contributed by atoms with Crippen LogP contribution in [0, 0.1) is 5.41 Å². The molecule has 1 aromatic heterocycles. The fraction of sp³-hybridized carbons (Fsp3) is 0.429. The first-order valence-electron chi connectivity index (χ1n) is 8.91. The first-order chi connectivity index (χ1) is 12.1. The van der Waals surface area contributed by atoms with Crippen LogP contribution >= 0.6 is 0 Å².